The average Bonchev–Trinajstić information content (AvgIpc) is 1.30. The van der Waals surface area contributed by atoms with E-state index in [4.69, 9.17) is 26.9 Å². The highest BCUT2D eigenvalue weighted by atomic mass is 35.7. The third-order valence-corrected chi connectivity index (χ3v) is 1.85. The Kier molecular flexibility index (Phi) is 3.24. The van der Waals surface area contributed by atoms with Gasteiger partial charge in [0.25, 0.3) is 6.69 Å². The molecule has 0 unspecified atom stereocenters. The third-order valence-electron chi connectivity index (χ3n) is 0.398. The van der Waals surface area contributed by atoms with E-state index in [1.807, 2.05) is 6.55 Å². The van der Waals surface area contributed by atoms with E-state index in [9.17, 15) is 0 Å². The van der Waals surface area contributed by atoms with Crippen LogP contribution in [-0.4, -0.2) is 20.0 Å². The van der Waals surface area contributed by atoms with Gasteiger partial charge in [-0.25, -0.2) is 0 Å². The summed E-state index contributed by atoms with van der Waals surface area (Å²) in [5, 5.41) is 0. The van der Waals surface area contributed by atoms with E-state index < -0.39 is 6.69 Å². The Bertz CT molecular complexity index is 51.4. The summed E-state index contributed by atoms with van der Waals surface area (Å²) in [6.45, 7) is -0.116. The Labute approximate surface area is 54.0 Å². The van der Waals surface area contributed by atoms with Crippen molar-refractivity contribution in [1.29, 1.82) is 0 Å². The summed E-state index contributed by atoms with van der Waals surface area (Å²) >= 11 is 11.2. The van der Waals surface area contributed by atoms with Crippen molar-refractivity contribution in [3.05, 3.63) is 0 Å². The van der Waals surface area contributed by atoms with Crippen LogP contribution < -0.4 is 0 Å². The Morgan fingerprint density at radius 3 is 2.00 bits per heavy atom. The van der Waals surface area contributed by atoms with Gasteiger partial charge in [0.1, 0.15) is 0 Å². The fourth-order valence-electron chi connectivity index (χ4n) is 0.253. The molecule has 0 aromatic carbocycles. The van der Waals surface area contributed by atoms with Gasteiger partial charge in [-0.3, -0.25) is 0 Å². The van der Waals surface area contributed by atoms with Crippen LogP contribution in [0.4, 0.5) is 0 Å². The Morgan fingerprint density at radius 2 is 2.00 bits per heavy atom. The van der Waals surface area contributed by atoms with Crippen LogP contribution in [0.25, 0.3) is 0 Å². The van der Waals surface area contributed by atoms with Crippen LogP contribution >= 0.6 is 22.2 Å². The van der Waals surface area contributed by atoms with Crippen molar-refractivity contribution >= 4 is 28.9 Å². The highest BCUT2D eigenvalue weighted by Gasteiger charge is 2.19. The molecular formula is C3H8Cl2OSi. The minimum atomic E-state index is -1.93. The van der Waals surface area contributed by atoms with Crippen LogP contribution in [0.1, 0.15) is 0 Å². The zero-order chi connectivity index (χ0) is 5.91. The average molecular weight is 159 g/mol. The van der Waals surface area contributed by atoms with Gasteiger partial charge in [-0.05, 0) is 6.55 Å². The molecule has 0 aromatic rings. The van der Waals surface area contributed by atoms with Crippen molar-refractivity contribution < 1.29 is 4.74 Å². The van der Waals surface area contributed by atoms with E-state index in [1.54, 1.807) is 7.11 Å². The molecule has 0 saturated carbocycles. The summed E-state index contributed by atoms with van der Waals surface area (Å²) in [7, 11) is 1.59. The molecule has 44 valence electrons. The molecule has 0 aliphatic heterocycles. The molecule has 0 amide bonds. The molecule has 0 heterocycles. The molecule has 0 fully saturated rings. The van der Waals surface area contributed by atoms with Gasteiger partial charge in [0, 0.05) is 7.11 Å². The number of hydrogen-bond donors (Lipinski definition) is 0. The molecule has 0 aliphatic carbocycles. The number of ether oxygens (including phenoxy) is 1. The van der Waals surface area contributed by atoms with Crippen LogP contribution in [0.2, 0.25) is 6.55 Å². The molecule has 0 spiro atoms. The molecule has 0 atom stereocenters. The van der Waals surface area contributed by atoms with Crippen LogP contribution in [0.3, 0.4) is 0 Å². The molecule has 0 aliphatic rings. The normalized spacial score (nSPS) is 12.0. The van der Waals surface area contributed by atoms with Crippen molar-refractivity contribution in [3.8, 4) is 0 Å². The van der Waals surface area contributed by atoms with Crippen molar-refractivity contribution in [1.82, 2.24) is 0 Å². The minimum Gasteiger partial charge on any atom is -0.385 e. The van der Waals surface area contributed by atoms with Gasteiger partial charge in [0.05, 0.1) is 6.23 Å². The maximum atomic E-state index is 5.61. The van der Waals surface area contributed by atoms with Gasteiger partial charge in [-0.2, -0.15) is 0 Å². The smallest absolute Gasteiger partial charge is 0.273 e. The lowest BCUT2D eigenvalue weighted by molar-refractivity contribution is 0.250. The second-order valence-electron chi connectivity index (χ2n) is 1.50. The fraction of sp³-hybridized carbons (Fsp3) is 1.00. The molecule has 1 nitrogen and oxygen atoms in total. The number of halogens is 2. The van der Waals surface area contributed by atoms with E-state index in [0.717, 1.165) is 0 Å². The summed E-state index contributed by atoms with van der Waals surface area (Å²) in [6, 6.07) is 0. The Balaban J connectivity index is 3.15. The van der Waals surface area contributed by atoms with Gasteiger partial charge >= 0.3 is 0 Å². The van der Waals surface area contributed by atoms with Gasteiger partial charge in [0.15, 0.2) is 0 Å². The summed E-state index contributed by atoms with van der Waals surface area (Å²) in [5.41, 5.74) is 0. The summed E-state index contributed by atoms with van der Waals surface area (Å²) in [5.74, 6) is 0. The van der Waals surface area contributed by atoms with E-state index >= 15 is 0 Å². The fourth-order valence-corrected chi connectivity index (χ4v) is 1.41. The quantitative estimate of drug-likeness (QED) is 0.440. The van der Waals surface area contributed by atoms with Gasteiger partial charge < -0.3 is 4.74 Å². The van der Waals surface area contributed by atoms with Crippen molar-refractivity contribution in [3.63, 3.8) is 0 Å². The zero-order valence-corrected chi connectivity index (χ0v) is 6.88. The lowest BCUT2D eigenvalue weighted by Crippen LogP contribution is -2.20. The maximum absolute atomic E-state index is 5.61. The number of rotatable bonds is 2. The molecule has 0 bridgehead atoms. The second-order valence-corrected chi connectivity index (χ2v) is 9.52. The van der Waals surface area contributed by atoms with Crippen molar-refractivity contribution in [2.24, 2.45) is 0 Å². The molecule has 0 radical (unpaired) electrons. The minimum absolute atomic E-state index is 0.510. The van der Waals surface area contributed by atoms with Gasteiger partial charge in [-0.15, -0.1) is 22.2 Å². The van der Waals surface area contributed by atoms with Gasteiger partial charge in [-0.1, -0.05) is 0 Å². The van der Waals surface area contributed by atoms with E-state index in [-0.39, 0.29) is 0 Å². The molecule has 0 rings (SSSR count). The van der Waals surface area contributed by atoms with E-state index in [2.05, 4.69) is 0 Å². The molecule has 0 saturated heterocycles. The van der Waals surface area contributed by atoms with Crippen LogP contribution in [0.15, 0.2) is 0 Å². The Hall–Kier alpha value is 0.757. The highest BCUT2D eigenvalue weighted by Crippen LogP contribution is 2.12. The molecule has 4 heteroatoms. The molecule has 0 N–H and O–H groups in total. The summed E-state index contributed by atoms with van der Waals surface area (Å²) in [4.78, 5) is 0. The van der Waals surface area contributed by atoms with Gasteiger partial charge in [0.2, 0.25) is 0 Å². The lowest BCUT2D eigenvalue weighted by atomic mass is 11.5. The first-order valence-corrected chi connectivity index (χ1v) is 6.66. The number of methoxy groups -OCH3 is 1. The largest absolute Gasteiger partial charge is 0.385 e. The topological polar surface area (TPSA) is 9.23 Å². The first-order valence-electron chi connectivity index (χ1n) is 1.93. The van der Waals surface area contributed by atoms with Crippen LogP contribution in [0.5, 0.6) is 0 Å². The SMILES string of the molecule is COC[Si](C)(Cl)Cl. The zero-order valence-electron chi connectivity index (χ0n) is 4.37. The highest BCUT2D eigenvalue weighted by molar-refractivity contribution is 7.44. The predicted octanol–water partition coefficient (Wildman–Crippen LogP) is 1.72. The number of hydrogen-bond acceptors (Lipinski definition) is 1. The molecular weight excluding hydrogens is 151 g/mol. The maximum Gasteiger partial charge on any atom is 0.273 e. The third kappa shape index (κ3) is 6.76. The summed E-state index contributed by atoms with van der Waals surface area (Å²) < 4.78 is 4.70. The van der Waals surface area contributed by atoms with Crippen molar-refractivity contribution in [2.45, 2.75) is 6.55 Å². The van der Waals surface area contributed by atoms with Crippen LogP contribution in [-0.2, 0) is 4.74 Å². The summed E-state index contributed by atoms with van der Waals surface area (Å²) in [6.07, 6.45) is 0.510. The Morgan fingerprint density at radius 1 is 1.57 bits per heavy atom. The standard InChI is InChI=1S/C3H8Cl2OSi/c1-6-3-7(2,4)5/h3H2,1-2H3. The monoisotopic (exact) mass is 158 g/mol. The second kappa shape index (κ2) is 2.92. The van der Waals surface area contributed by atoms with Crippen molar-refractivity contribution in [2.75, 3.05) is 13.3 Å². The van der Waals surface area contributed by atoms with E-state index in [1.165, 1.54) is 0 Å². The van der Waals surface area contributed by atoms with Crippen LogP contribution in [0, 0.1) is 0 Å². The first-order chi connectivity index (χ1) is 3.06. The van der Waals surface area contributed by atoms with E-state index in [0.29, 0.717) is 6.23 Å². The predicted molar refractivity (Wildman–Crippen MR) is 35.2 cm³/mol. The molecule has 0 aromatic heterocycles. The lowest BCUT2D eigenvalue weighted by Gasteiger charge is -2.05. The first kappa shape index (κ1) is 7.76. The molecule has 7 heavy (non-hydrogen) atoms.